The molecule has 0 fully saturated rings. The zero-order valence-electron chi connectivity index (χ0n) is 13.4. The minimum atomic E-state index is -0.337. The van der Waals surface area contributed by atoms with Crippen LogP contribution in [0.5, 0.6) is 11.5 Å². The lowest BCUT2D eigenvalue weighted by molar-refractivity contribution is 0.0997. The van der Waals surface area contributed by atoms with Gasteiger partial charge in [-0.3, -0.25) is 4.79 Å². The molecule has 1 N–H and O–H groups in total. The summed E-state index contributed by atoms with van der Waals surface area (Å²) in [5.74, 6) is 1.73. The molecule has 2 aromatic heterocycles. The SMILES string of the molecule is O=C(Nc1ccc2c(c1)OCO2)c1ccc(-c2nc3ccccc3s2)o1. The third-order valence-electron chi connectivity index (χ3n) is 3.96. The molecule has 0 spiro atoms. The first kappa shape index (κ1) is 15.0. The lowest BCUT2D eigenvalue weighted by Crippen LogP contribution is -2.10. The van der Waals surface area contributed by atoms with E-state index in [0.29, 0.717) is 22.9 Å². The number of amides is 1. The molecular formula is C19H12N2O4S. The summed E-state index contributed by atoms with van der Waals surface area (Å²) in [6.45, 7) is 0.191. The highest BCUT2D eigenvalue weighted by Crippen LogP contribution is 2.35. The minimum Gasteiger partial charge on any atom is -0.454 e. The van der Waals surface area contributed by atoms with E-state index in [0.717, 1.165) is 15.2 Å². The van der Waals surface area contributed by atoms with Gasteiger partial charge in [-0.2, -0.15) is 0 Å². The number of nitrogens with zero attached hydrogens (tertiary/aromatic N) is 1. The van der Waals surface area contributed by atoms with Crippen molar-refractivity contribution in [1.82, 2.24) is 4.98 Å². The summed E-state index contributed by atoms with van der Waals surface area (Å²) in [6, 6.07) is 16.5. The molecule has 3 heterocycles. The van der Waals surface area contributed by atoms with Crippen LogP contribution in [-0.4, -0.2) is 17.7 Å². The number of anilines is 1. The van der Waals surface area contributed by atoms with E-state index in [4.69, 9.17) is 13.9 Å². The van der Waals surface area contributed by atoms with Gasteiger partial charge in [0.05, 0.1) is 10.2 Å². The number of hydrogen-bond donors (Lipinski definition) is 1. The largest absolute Gasteiger partial charge is 0.454 e. The van der Waals surface area contributed by atoms with E-state index in [2.05, 4.69) is 10.3 Å². The maximum Gasteiger partial charge on any atom is 0.291 e. The summed E-state index contributed by atoms with van der Waals surface area (Å²) in [4.78, 5) is 17.0. The van der Waals surface area contributed by atoms with E-state index >= 15 is 0 Å². The maximum atomic E-state index is 12.4. The lowest BCUT2D eigenvalue weighted by atomic mass is 10.2. The molecule has 6 nitrogen and oxygen atoms in total. The van der Waals surface area contributed by atoms with Gasteiger partial charge in [-0.15, -0.1) is 11.3 Å². The predicted molar refractivity (Wildman–Crippen MR) is 97.8 cm³/mol. The molecule has 26 heavy (non-hydrogen) atoms. The Labute approximate surface area is 152 Å². The molecule has 1 amide bonds. The summed E-state index contributed by atoms with van der Waals surface area (Å²) >= 11 is 1.53. The molecule has 4 aromatic rings. The molecule has 0 aliphatic carbocycles. The van der Waals surface area contributed by atoms with Gasteiger partial charge in [0.1, 0.15) is 0 Å². The molecule has 0 saturated carbocycles. The Morgan fingerprint density at radius 1 is 1.04 bits per heavy atom. The number of furan rings is 1. The van der Waals surface area contributed by atoms with Crippen LogP contribution >= 0.6 is 11.3 Å². The van der Waals surface area contributed by atoms with Gasteiger partial charge in [-0.25, -0.2) is 4.98 Å². The number of benzene rings is 2. The first-order valence-corrected chi connectivity index (χ1v) is 8.75. The quantitative estimate of drug-likeness (QED) is 0.578. The third-order valence-corrected chi connectivity index (χ3v) is 5.02. The Bertz CT molecular complexity index is 1100. The van der Waals surface area contributed by atoms with E-state index in [-0.39, 0.29) is 18.5 Å². The van der Waals surface area contributed by atoms with Crippen LogP contribution in [0.15, 0.2) is 59.0 Å². The van der Waals surface area contributed by atoms with E-state index in [1.54, 1.807) is 30.3 Å². The van der Waals surface area contributed by atoms with Crippen LogP contribution in [0.4, 0.5) is 5.69 Å². The van der Waals surface area contributed by atoms with Crippen LogP contribution in [-0.2, 0) is 0 Å². The van der Waals surface area contributed by atoms with Crippen molar-refractivity contribution < 1.29 is 18.7 Å². The van der Waals surface area contributed by atoms with Crippen molar-refractivity contribution in [1.29, 1.82) is 0 Å². The molecule has 1 aliphatic rings. The van der Waals surface area contributed by atoms with Gasteiger partial charge in [0.15, 0.2) is 28.0 Å². The molecule has 128 valence electrons. The molecule has 0 atom stereocenters. The fourth-order valence-corrected chi connectivity index (χ4v) is 3.65. The molecular weight excluding hydrogens is 352 g/mol. The van der Waals surface area contributed by atoms with Crippen molar-refractivity contribution in [2.75, 3.05) is 12.1 Å². The van der Waals surface area contributed by atoms with Crippen LogP contribution in [0.1, 0.15) is 10.6 Å². The van der Waals surface area contributed by atoms with Gasteiger partial charge >= 0.3 is 0 Å². The highest BCUT2D eigenvalue weighted by molar-refractivity contribution is 7.21. The number of rotatable bonds is 3. The Kier molecular flexibility index (Phi) is 3.39. The Balaban J connectivity index is 1.38. The number of hydrogen-bond acceptors (Lipinski definition) is 6. The average Bonchev–Trinajstić information content (AvgIpc) is 3.39. The van der Waals surface area contributed by atoms with Gasteiger partial charge in [-0.05, 0) is 36.4 Å². The Morgan fingerprint density at radius 3 is 2.85 bits per heavy atom. The topological polar surface area (TPSA) is 73.6 Å². The Morgan fingerprint density at radius 2 is 1.92 bits per heavy atom. The van der Waals surface area contributed by atoms with Gasteiger partial charge in [0, 0.05) is 11.8 Å². The fourth-order valence-electron chi connectivity index (χ4n) is 2.72. The Hall–Kier alpha value is -3.32. The number of fused-ring (bicyclic) bond motifs is 2. The molecule has 2 aromatic carbocycles. The van der Waals surface area contributed by atoms with Gasteiger partial charge < -0.3 is 19.2 Å². The molecule has 7 heteroatoms. The summed E-state index contributed by atoms with van der Waals surface area (Å²) in [7, 11) is 0. The molecule has 5 rings (SSSR count). The van der Waals surface area contributed by atoms with Crippen molar-refractivity contribution in [3.8, 4) is 22.3 Å². The van der Waals surface area contributed by atoms with Crippen LogP contribution in [0.2, 0.25) is 0 Å². The van der Waals surface area contributed by atoms with E-state index in [9.17, 15) is 4.79 Å². The van der Waals surface area contributed by atoms with Crippen molar-refractivity contribution >= 4 is 33.1 Å². The van der Waals surface area contributed by atoms with Crippen LogP contribution in [0, 0.1) is 0 Å². The number of carbonyl (C=O) groups excluding carboxylic acids is 1. The zero-order valence-corrected chi connectivity index (χ0v) is 14.2. The minimum absolute atomic E-state index is 0.191. The molecule has 0 radical (unpaired) electrons. The predicted octanol–water partition coefficient (Wildman–Crippen LogP) is 4.54. The summed E-state index contributed by atoms with van der Waals surface area (Å²) in [5, 5.41) is 3.54. The number of carbonyl (C=O) groups is 1. The lowest BCUT2D eigenvalue weighted by Gasteiger charge is -2.04. The first-order chi connectivity index (χ1) is 12.8. The number of aromatic nitrogens is 1. The molecule has 0 unspecified atom stereocenters. The summed E-state index contributed by atoms with van der Waals surface area (Å²) in [6.07, 6.45) is 0. The first-order valence-electron chi connectivity index (χ1n) is 7.93. The second-order valence-electron chi connectivity index (χ2n) is 5.67. The van der Waals surface area contributed by atoms with Crippen LogP contribution < -0.4 is 14.8 Å². The fraction of sp³-hybridized carbons (Fsp3) is 0.0526. The summed E-state index contributed by atoms with van der Waals surface area (Å²) < 4.78 is 17.4. The van der Waals surface area contributed by atoms with Gasteiger partial charge in [0.25, 0.3) is 5.91 Å². The van der Waals surface area contributed by atoms with Crippen molar-refractivity contribution in [3.05, 3.63) is 60.4 Å². The van der Waals surface area contributed by atoms with E-state index in [1.165, 1.54) is 11.3 Å². The smallest absolute Gasteiger partial charge is 0.291 e. The number of para-hydroxylation sites is 1. The normalized spacial score (nSPS) is 12.5. The van der Waals surface area contributed by atoms with Crippen LogP contribution in [0.3, 0.4) is 0 Å². The second kappa shape index (κ2) is 5.89. The monoisotopic (exact) mass is 364 g/mol. The second-order valence-corrected chi connectivity index (χ2v) is 6.70. The van der Waals surface area contributed by atoms with Crippen LogP contribution in [0.25, 0.3) is 21.0 Å². The third kappa shape index (κ3) is 2.58. The highest BCUT2D eigenvalue weighted by Gasteiger charge is 2.17. The van der Waals surface area contributed by atoms with E-state index in [1.807, 2.05) is 24.3 Å². The van der Waals surface area contributed by atoms with E-state index < -0.39 is 0 Å². The van der Waals surface area contributed by atoms with Gasteiger partial charge in [0.2, 0.25) is 6.79 Å². The van der Waals surface area contributed by atoms with Gasteiger partial charge in [-0.1, -0.05) is 12.1 Å². The van der Waals surface area contributed by atoms with Crippen molar-refractivity contribution in [2.24, 2.45) is 0 Å². The molecule has 1 aliphatic heterocycles. The number of nitrogens with one attached hydrogen (secondary N) is 1. The highest BCUT2D eigenvalue weighted by atomic mass is 32.1. The average molecular weight is 364 g/mol. The number of thiazole rings is 1. The molecule has 0 bridgehead atoms. The zero-order chi connectivity index (χ0) is 17.5. The van der Waals surface area contributed by atoms with Crippen molar-refractivity contribution in [2.45, 2.75) is 0 Å². The standard InChI is InChI=1S/C19H12N2O4S/c22-18(20-11-5-6-13-16(9-11)24-10-23-13)14-7-8-15(25-14)19-21-12-3-1-2-4-17(12)26-19/h1-9H,10H2,(H,20,22). The maximum absolute atomic E-state index is 12.4. The number of ether oxygens (including phenoxy) is 2. The van der Waals surface area contributed by atoms with Crippen molar-refractivity contribution in [3.63, 3.8) is 0 Å². The summed E-state index contributed by atoms with van der Waals surface area (Å²) in [5.41, 5.74) is 1.52. The molecule has 0 saturated heterocycles.